The first-order valence-corrected chi connectivity index (χ1v) is 8.91. The number of piperidine rings is 1. The lowest BCUT2D eigenvalue weighted by atomic mass is 9.88. The highest BCUT2D eigenvalue weighted by Gasteiger charge is 2.32. The minimum absolute atomic E-state index is 0.286. The maximum absolute atomic E-state index is 14.0. The molecular formula is C18H13F5N2S. The first-order chi connectivity index (χ1) is 12.5. The van der Waals surface area contributed by atoms with Crippen LogP contribution in [0.25, 0.3) is 10.2 Å². The molecule has 0 N–H and O–H groups in total. The Bertz CT molecular complexity index is 917. The number of hydrogen-bond acceptors (Lipinski definition) is 3. The van der Waals surface area contributed by atoms with Crippen LogP contribution in [0.15, 0.2) is 24.3 Å². The summed E-state index contributed by atoms with van der Waals surface area (Å²) in [7, 11) is 0. The molecule has 0 unspecified atom stereocenters. The normalized spacial score (nSPS) is 15.8. The fraction of sp³-hybridized carbons (Fsp3) is 0.278. The highest BCUT2D eigenvalue weighted by molar-refractivity contribution is 7.22. The Morgan fingerprint density at radius 3 is 2.04 bits per heavy atom. The van der Waals surface area contributed by atoms with E-state index in [1.54, 1.807) is 0 Å². The van der Waals surface area contributed by atoms with Crippen LogP contribution in [0, 0.1) is 29.1 Å². The van der Waals surface area contributed by atoms with E-state index >= 15 is 0 Å². The number of fused-ring (bicyclic) bond motifs is 1. The van der Waals surface area contributed by atoms with Crippen LogP contribution >= 0.6 is 11.3 Å². The fourth-order valence-electron chi connectivity index (χ4n) is 3.34. The standard InChI is InChI=1S/C18H13F5N2S/c19-13-12(14(20)16(22)17(23)15(13)21)9-5-7-25(8-6-9)18-24-10-3-1-2-4-11(10)26-18/h1-4,9H,5-8H2. The topological polar surface area (TPSA) is 16.1 Å². The van der Waals surface area contributed by atoms with Gasteiger partial charge in [0.1, 0.15) is 0 Å². The van der Waals surface area contributed by atoms with Crippen LogP contribution in [0.4, 0.5) is 27.1 Å². The van der Waals surface area contributed by atoms with Crippen LogP contribution in [0.5, 0.6) is 0 Å². The second-order valence-electron chi connectivity index (χ2n) is 6.21. The van der Waals surface area contributed by atoms with Crippen LogP contribution in [-0.2, 0) is 0 Å². The average Bonchev–Trinajstić information content (AvgIpc) is 3.10. The molecule has 0 saturated carbocycles. The highest BCUT2D eigenvalue weighted by atomic mass is 32.1. The van der Waals surface area contributed by atoms with E-state index < -0.39 is 40.6 Å². The molecule has 26 heavy (non-hydrogen) atoms. The minimum atomic E-state index is -2.12. The van der Waals surface area contributed by atoms with Crippen LogP contribution in [0.1, 0.15) is 24.3 Å². The number of halogens is 5. The van der Waals surface area contributed by atoms with E-state index in [2.05, 4.69) is 4.98 Å². The Morgan fingerprint density at radius 2 is 1.42 bits per heavy atom. The summed E-state index contributed by atoms with van der Waals surface area (Å²) in [6.07, 6.45) is 0.572. The summed E-state index contributed by atoms with van der Waals surface area (Å²) in [4.78, 5) is 6.52. The number of anilines is 1. The summed E-state index contributed by atoms with van der Waals surface area (Å²) in [5.41, 5.74) is 0.166. The summed E-state index contributed by atoms with van der Waals surface area (Å²) in [6.45, 7) is 0.869. The quantitative estimate of drug-likeness (QED) is 0.335. The molecule has 8 heteroatoms. The molecule has 0 spiro atoms. The molecule has 0 amide bonds. The molecule has 2 heterocycles. The van der Waals surface area contributed by atoms with Crippen molar-refractivity contribution in [3.8, 4) is 0 Å². The van der Waals surface area contributed by atoms with Gasteiger partial charge in [-0.05, 0) is 30.9 Å². The van der Waals surface area contributed by atoms with Gasteiger partial charge in [-0.3, -0.25) is 0 Å². The lowest BCUT2D eigenvalue weighted by molar-refractivity contribution is 0.355. The van der Waals surface area contributed by atoms with Crippen molar-refractivity contribution in [1.82, 2.24) is 4.98 Å². The van der Waals surface area contributed by atoms with Crippen molar-refractivity contribution in [3.63, 3.8) is 0 Å². The molecular weight excluding hydrogens is 371 g/mol. The predicted octanol–water partition coefficient (Wildman–Crippen LogP) is 5.38. The van der Waals surface area contributed by atoms with Crippen molar-refractivity contribution < 1.29 is 22.0 Å². The van der Waals surface area contributed by atoms with Gasteiger partial charge < -0.3 is 4.90 Å². The Balaban J connectivity index is 1.57. The van der Waals surface area contributed by atoms with Gasteiger partial charge in [0.05, 0.1) is 10.2 Å². The van der Waals surface area contributed by atoms with Crippen LogP contribution in [0.2, 0.25) is 0 Å². The molecule has 0 aliphatic carbocycles. The Kier molecular flexibility index (Phi) is 4.30. The van der Waals surface area contributed by atoms with E-state index in [0.29, 0.717) is 13.1 Å². The Hall–Kier alpha value is -2.22. The number of thiazole rings is 1. The lowest BCUT2D eigenvalue weighted by Crippen LogP contribution is -2.33. The molecule has 2 aromatic carbocycles. The first kappa shape index (κ1) is 17.2. The fourth-order valence-corrected chi connectivity index (χ4v) is 4.35. The minimum Gasteiger partial charge on any atom is -0.348 e. The number of benzene rings is 2. The molecule has 1 fully saturated rings. The Labute approximate surface area is 149 Å². The molecule has 1 aliphatic heterocycles. The number of nitrogens with zero attached hydrogens (tertiary/aromatic N) is 2. The van der Waals surface area contributed by atoms with Gasteiger partial charge in [0.25, 0.3) is 0 Å². The zero-order valence-electron chi connectivity index (χ0n) is 13.4. The second-order valence-corrected chi connectivity index (χ2v) is 7.22. The maximum atomic E-state index is 14.0. The molecule has 136 valence electrons. The van der Waals surface area contributed by atoms with Crippen molar-refractivity contribution in [2.45, 2.75) is 18.8 Å². The van der Waals surface area contributed by atoms with Gasteiger partial charge in [-0.1, -0.05) is 23.5 Å². The van der Waals surface area contributed by atoms with Crippen molar-refractivity contribution in [2.75, 3.05) is 18.0 Å². The SMILES string of the molecule is Fc1c(F)c(F)c(C2CCN(c3nc4ccccc4s3)CC2)c(F)c1F. The molecule has 0 atom stereocenters. The number of hydrogen-bond donors (Lipinski definition) is 0. The van der Waals surface area contributed by atoms with Crippen LogP contribution in [0.3, 0.4) is 0 Å². The summed E-state index contributed by atoms with van der Waals surface area (Å²) in [5.74, 6) is -10.0. The molecule has 0 radical (unpaired) electrons. The maximum Gasteiger partial charge on any atom is 0.200 e. The molecule has 4 rings (SSSR count). The van der Waals surface area contributed by atoms with Gasteiger partial charge in [0.2, 0.25) is 5.82 Å². The summed E-state index contributed by atoms with van der Waals surface area (Å²) in [5, 5.41) is 0.794. The van der Waals surface area contributed by atoms with Gasteiger partial charge in [0.15, 0.2) is 28.4 Å². The van der Waals surface area contributed by atoms with E-state index in [-0.39, 0.29) is 12.8 Å². The van der Waals surface area contributed by atoms with Gasteiger partial charge in [-0.2, -0.15) is 0 Å². The lowest BCUT2D eigenvalue weighted by Gasteiger charge is -2.32. The summed E-state index contributed by atoms with van der Waals surface area (Å²) >= 11 is 1.51. The number of rotatable bonds is 2. The molecule has 1 aromatic heterocycles. The van der Waals surface area contributed by atoms with Crippen molar-refractivity contribution in [2.24, 2.45) is 0 Å². The third kappa shape index (κ3) is 2.72. The zero-order chi connectivity index (χ0) is 18.4. The van der Waals surface area contributed by atoms with E-state index in [0.717, 1.165) is 15.3 Å². The van der Waals surface area contributed by atoms with E-state index in [1.807, 2.05) is 29.2 Å². The Morgan fingerprint density at radius 1 is 0.846 bits per heavy atom. The van der Waals surface area contributed by atoms with E-state index in [1.165, 1.54) is 11.3 Å². The van der Waals surface area contributed by atoms with E-state index in [9.17, 15) is 22.0 Å². The van der Waals surface area contributed by atoms with Crippen molar-refractivity contribution in [1.29, 1.82) is 0 Å². The van der Waals surface area contributed by atoms with Crippen molar-refractivity contribution >= 4 is 26.7 Å². The van der Waals surface area contributed by atoms with Crippen LogP contribution < -0.4 is 4.90 Å². The molecule has 2 nitrogen and oxygen atoms in total. The van der Waals surface area contributed by atoms with Gasteiger partial charge in [-0.15, -0.1) is 0 Å². The molecule has 0 bridgehead atoms. The monoisotopic (exact) mass is 384 g/mol. The summed E-state index contributed by atoms with van der Waals surface area (Å²) in [6, 6.07) is 7.66. The van der Waals surface area contributed by atoms with Crippen molar-refractivity contribution in [3.05, 3.63) is 58.9 Å². The summed E-state index contributed by atoms with van der Waals surface area (Å²) < 4.78 is 69.1. The highest BCUT2D eigenvalue weighted by Crippen LogP contribution is 2.37. The van der Waals surface area contributed by atoms with Gasteiger partial charge in [-0.25, -0.2) is 26.9 Å². The van der Waals surface area contributed by atoms with Crippen LogP contribution in [-0.4, -0.2) is 18.1 Å². The average molecular weight is 384 g/mol. The molecule has 1 saturated heterocycles. The second kappa shape index (κ2) is 6.50. The van der Waals surface area contributed by atoms with Gasteiger partial charge in [0, 0.05) is 18.7 Å². The third-order valence-corrected chi connectivity index (χ3v) is 5.80. The number of para-hydroxylation sites is 1. The zero-order valence-corrected chi connectivity index (χ0v) is 14.2. The largest absolute Gasteiger partial charge is 0.348 e. The molecule has 3 aromatic rings. The van der Waals surface area contributed by atoms with E-state index in [4.69, 9.17) is 0 Å². The molecule has 1 aliphatic rings. The smallest absolute Gasteiger partial charge is 0.200 e. The first-order valence-electron chi connectivity index (χ1n) is 8.09. The predicted molar refractivity (Wildman–Crippen MR) is 90.0 cm³/mol. The number of aromatic nitrogens is 1. The third-order valence-electron chi connectivity index (χ3n) is 4.70. The van der Waals surface area contributed by atoms with Gasteiger partial charge >= 0.3 is 0 Å².